The van der Waals surface area contributed by atoms with Gasteiger partial charge in [0.25, 0.3) is 0 Å². The van der Waals surface area contributed by atoms with Gasteiger partial charge in [-0.3, -0.25) is 0 Å². The zero-order valence-corrected chi connectivity index (χ0v) is 11.9. The predicted octanol–water partition coefficient (Wildman–Crippen LogP) is 5.02. The van der Waals surface area contributed by atoms with Crippen molar-refractivity contribution in [3.8, 4) is 0 Å². The van der Waals surface area contributed by atoms with Gasteiger partial charge < -0.3 is 0 Å². The third-order valence-corrected chi connectivity index (χ3v) is 3.34. The van der Waals surface area contributed by atoms with E-state index in [1.54, 1.807) is 6.07 Å². The first-order chi connectivity index (χ1) is 7.04. The molecule has 0 N–H and O–H groups in total. The molecule has 0 aliphatic rings. The number of allylic oxidation sites excluding steroid dienone is 1. The van der Waals surface area contributed by atoms with E-state index in [1.165, 1.54) is 11.6 Å². The first-order valence-corrected chi connectivity index (χ1v) is 6.67. The molecule has 0 aliphatic heterocycles. The highest BCUT2D eigenvalue weighted by Gasteiger charge is 2.05. The maximum absolute atomic E-state index is 13.5. The van der Waals surface area contributed by atoms with E-state index in [2.05, 4.69) is 45.7 Å². The van der Waals surface area contributed by atoms with Gasteiger partial charge in [-0.15, -0.1) is 0 Å². The maximum Gasteiger partial charge on any atom is 0.131 e. The lowest BCUT2D eigenvalue weighted by atomic mass is 10.0. The SMILES string of the molecule is CC(C)/C(=C/c1ccc(Br)cc1F)CBr. The quantitative estimate of drug-likeness (QED) is 0.680. The van der Waals surface area contributed by atoms with Crippen molar-refractivity contribution < 1.29 is 4.39 Å². The summed E-state index contributed by atoms with van der Waals surface area (Å²) in [7, 11) is 0. The van der Waals surface area contributed by atoms with Gasteiger partial charge >= 0.3 is 0 Å². The average Bonchev–Trinajstić information content (AvgIpc) is 2.16. The normalized spacial score (nSPS) is 12.3. The summed E-state index contributed by atoms with van der Waals surface area (Å²) in [6.07, 6.45) is 1.90. The van der Waals surface area contributed by atoms with E-state index in [-0.39, 0.29) is 5.82 Å². The van der Waals surface area contributed by atoms with Gasteiger partial charge in [-0.1, -0.05) is 63.4 Å². The predicted molar refractivity (Wildman–Crippen MR) is 70.7 cm³/mol. The van der Waals surface area contributed by atoms with Gasteiger partial charge in [-0.05, 0) is 18.1 Å². The van der Waals surface area contributed by atoms with Gasteiger partial charge in [-0.25, -0.2) is 4.39 Å². The van der Waals surface area contributed by atoms with Crippen LogP contribution in [0.1, 0.15) is 19.4 Å². The van der Waals surface area contributed by atoms with E-state index in [0.29, 0.717) is 11.5 Å². The largest absolute Gasteiger partial charge is 0.206 e. The highest BCUT2D eigenvalue weighted by Crippen LogP contribution is 2.21. The summed E-state index contributed by atoms with van der Waals surface area (Å²) in [4.78, 5) is 0. The Balaban J connectivity index is 3.06. The summed E-state index contributed by atoms with van der Waals surface area (Å²) in [5, 5.41) is 0.778. The zero-order chi connectivity index (χ0) is 11.4. The van der Waals surface area contributed by atoms with Crippen LogP contribution >= 0.6 is 31.9 Å². The molecular formula is C12H13Br2F. The van der Waals surface area contributed by atoms with Crippen LogP contribution in [0, 0.1) is 11.7 Å². The van der Waals surface area contributed by atoms with Gasteiger partial charge in [0.2, 0.25) is 0 Å². The highest BCUT2D eigenvalue weighted by atomic mass is 79.9. The molecular weight excluding hydrogens is 323 g/mol. The second kappa shape index (κ2) is 5.80. The molecule has 0 saturated carbocycles. The van der Waals surface area contributed by atoms with Crippen molar-refractivity contribution in [3.05, 3.63) is 39.6 Å². The van der Waals surface area contributed by atoms with Gasteiger partial charge in [0.1, 0.15) is 5.82 Å². The second-order valence-corrected chi connectivity index (χ2v) is 5.15. The Morgan fingerprint density at radius 2 is 2.13 bits per heavy atom. The molecule has 0 heterocycles. The van der Waals surface area contributed by atoms with E-state index >= 15 is 0 Å². The van der Waals surface area contributed by atoms with Crippen LogP contribution < -0.4 is 0 Å². The number of halogens is 3. The molecule has 0 spiro atoms. The molecule has 0 fully saturated rings. The Hall–Kier alpha value is -0.150. The van der Waals surface area contributed by atoms with Crippen molar-refractivity contribution in [2.45, 2.75) is 13.8 Å². The zero-order valence-electron chi connectivity index (χ0n) is 8.73. The van der Waals surface area contributed by atoms with Crippen molar-refractivity contribution in [3.63, 3.8) is 0 Å². The van der Waals surface area contributed by atoms with Crippen LogP contribution in [0.15, 0.2) is 28.2 Å². The molecule has 15 heavy (non-hydrogen) atoms. The topological polar surface area (TPSA) is 0 Å². The fourth-order valence-electron chi connectivity index (χ4n) is 1.18. The molecule has 1 aromatic carbocycles. The molecule has 0 radical (unpaired) electrons. The van der Waals surface area contributed by atoms with Gasteiger partial charge in [0.05, 0.1) is 0 Å². The summed E-state index contributed by atoms with van der Waals surface area (Å²) in [6, 6.07) is 5.11. The fourth-order valence-corrected chi connectivity index (χ4v) is 2.32. The van der Waals surface area contributed by atoms with Crippen LogP contribution in [-0.4, -0.2) is 5.33 Å². The molecule has 0 bridgehead atoms. The van der Waals surface area contributed by atoms with Crippen LogP contribution in [-0.2, 0) is 0 Å². The summed E-state index contributed by atoms with van der Waals surface area (Å²) < 4.78 is 14.3. The van der Waals surface area contributed by atoms with Gasteiger partial charge in [0, 0.05) is 15.4 Å². The maximum atomic E-state index is 13.5. The number of alkyl halides is 1. The van der Waals surface area contributed by atoms with E-state index in [0.717, 1.165) is 9.80 Å². The van der Waals surface area contributed by atoms with Crippen molar-refractivity contribution in [2.24, 2.45) is 5.92 Å². The van der Waals surface area contributed by atoms with E-state index in [4.69, 9.17) is 0 Å². The highest BCUT2D eigenvalue weighted by molar-refractivity contribution is 9.10. The van der Waals surface area contributed by atoms with E-state index in [9.17, 15) is 4.39 Å². The summed E-state index contributed by atoms with van der Waals surface area (Å²) in [5.74, 6) is 0.232. The molecule has 0 aliphatic carbocycles. The smallest absolute Gasteiger partial charge is 0.131 e. The summed E-state index contributed by atoms with van der Waals surface area (Å²) in [5.41, 5.74) is 1.83. The molecule has 0 aromatic heterocycles. The molecule has 82 valence electrons. The first kappa shape index (κ1) is 12.9. The molecule has 0 amide bonds. The second-order valence-electron chi connectivity index (χ2n) is 3.67. The van der Waals surface area contributed by atoms with Gasteiger partial charge in [0.15, 0.2) is 0 Å². The molecule has 3 heteroatoms. The van der Waals surface area contributed by atoms with Crippen LogP contribution in [0.2, 0.25) is 0 Å². The van der Waals surface area contributed by atoms with Crippen molar-refractivity contribution in [1.82, 2.24) is 0 Å². The molecule has 0 nitrogen and oxygen atoms in total. The lowest BCUT2D eigenvalue weighted by Gasteiger charge is -2.08. The Labute approximate surface area is 107 Å². The third kappa shape index (κ3) is 3.72. The van der Waals surface area contributed by atoms with Gasteiger partial charge in [-0.2, -0.15) is 0 Å². The lowest BCUT2D eigenvalue weighted by molar-refractivity contribution is 0.623. The van der Waals surface area contributed by atoms with Crippen LogP contribution in [0.25, 0.3) is 6.08 Å². The van der Waals surface area contributed by atoms with Crippen molar-refractivity contribution in [2.75, 3.05) is 5.33 Å². The summed E-state index contributed by atoms with van der Waals surface area (Å²) in [6.45, 7) is 4.20. The minimum absolute atomic E-state index is 0.191. The Bertz CT molecular complexity index is 370. The monoisotopic (exact) mass is 334 g/mol. The van der Waals surface area contributed by atoms with E-state index in [1.807, 2.05) is 12.1 Å². The standard InChI is InChI=1S/C12H13Br2F/c1-8(2)10(7-13)5-9-3-4-11(14)6-12(9)15/h3-6,8H,7H2,1-2H3/b10-5+. The fraction of sp³-hybridized carbons (Fsp3) is 0.333. The lowest BCUT2D eigenvalue weighted by Crippen LogP contribution is -1.95. The first-order valence-electron chi connectivity index (χ1n) is 4.76. The Morgan fingerprint density at radius 1 is 1.47 bits per heavy atom. The number of rotatable bonds is 3. The Kier molecular flexibility index (Phi) is 5.00. The minimum atomic E-state index is -0.191. The van der Waals surface area contributed by atoms with Crippen LogP contribution in [0.5, 0.6) is 0 Å². The number of hydrogen-bond acceptors (Lipinski definition) is 0. The number of benzene rings is 1. The average molecular weight is 336 g/mol. The molecule has 1 aromatic rings. The van der Waals surface area contributed by atoms with E-state index < -0.39 is 0 Å². The number of hydrogen-bond donors (Lipinski definition) is 0. The molecule has 1 rings (SSSR count). The molecule has 0 unspecified atom stereocenters. The molecule has 0 atom stereocenters. The van der Waals surface area contributed by atoms with Crippen molar-refractivity contribution in [1.29, 1.82) is 0 Å². The Morgan fingerprint density at radius 3 is 2.60 bits per heavy atom. The van der Waals surface area contributed by atoms with Crippen LogP contribution in [0.4, 0.5) is 4.39 Å². The minimum Gasteiger partial charge on any atom is -0.206 e. The summed E-state index contributed by atoms with van der Waals surface area (Å²) >= 11 is 6.65. The third-order valence-electron chi connectivity index (χ3n) is 2.20. The molecule has 0 saturated heterocycles. The van der Waals surface area contributed by atoms with Crippen molar-refractivity contribution >= 4 is 37.9 Å². The van der Waals surface area contributed by atoms with Crippen LogP contribution in [0.3, 0.4) is 0 Å².